The molecule has 7 atom stereocenters. The Labute approximate surface area is 498 Å². The van der Waals surface area contributed by atoms with E-state index < -0.39 is 49.5 Å². The Kier molecular flexibility index (Phi) is 56.6. The average molecular weight is 1130 g/mol. The number of aliphatic hydroxyl groups excluding tert-OH is 5. The smallest absolute Gasteiger partial charge is 0.220 e. The van der Waals surface area contributed by atoms with Crippen molar-refractivity contribution < 1.29 is 39.8 Å². The van der Waals surface area contributed by atoms with Gasteiger partial charge in [-0.3, -0.25) is 4.79 Å². The Morgan fingerprint density at radius 2 is 0.765 bits per heavy atom. The van der Waals surface area contributed by atoms with Crippen LogP contribution in [0.4, 0.5) is 0 Å². The van der Waals surface area contributed by atoms with Crippen LogP contribution in [0.15, 0.2) is 97.2 Å². The van der Waals surface area contributed by atoms with E-state index in [4.69, 9.17) is 9.47 Å². The zero-order chi connectivity index (χ0) is 58.6. The predicted octanol–water partition coefficient (Wildman–Crippen LogP) is 18.3. The normalized spacial score (nSPS) is 19.0. The van der Waals surface area contributed by atoms with Gasteiger partial charge in [0, 0.05) is 6.42 Å². The van der Waals surface area contributed by atoms with Crippen molar-refractivity contribution in [1.82, 2.24) is 5.32 Å². The molecule has 0 aliphatic carbocycles. The number of hydrogen-bond donors (Lipinski definition) is 6. The maximum Gasteiger partial charge on any atom is 0.220 e. The highest BCUT2D eigenvalue weighted by Gasteiger charge is 2.44. The van der Waals surface area contributed by atoms with Crippen LogP contribution in [-0.4, -0.2) is 87.5 Å². The standard InChI is InChI=1S/C72H127NO8/c1-3-5-7-9-11-13-15-17-19-21-23-24-25-26-27-28-29-30-31-32-33-34-35-36-37-38-39-40-41-42-44-46-48-50-52-54-56-58-60-62-68(76)73-65(64-80-72-71(79)70(78)69(77)67(63-74)81-72)66(75)61-59-57-55-53-51-49-47-45-43-22-20-18-16-14-12-10-8-6-4-2/h5,7,11,13,17,19,23-24,26-27,29-30,32-33,59,61,65-67,69-72,74-75,77-79H,3-4,6,8-10,12,14-16,18,20-22,25,28,31,34-58,60,62-64H2,1-2H3,(H,73,76)/b7-5-,13-11-,19-17-,24-23-,27-26-,30-29-,33-32-,61-59+. The molecule has 81 heavy (non-hydrogen) atoms. The highest BCUT2D eigenvalue weighted by atomic mass is 16.7. The zero-order valence-electron chi connectivity index (χ0n) is 52.3. The summed E-state index contributed by atoms with van der Waals surface area (Å²) in [5.74, 6) is -0.176. The van der Waals surface area contributed by atoms with E-state index in [1.165, 1.54) is 193 Å². The number of carbonyl (C=O) groups is 1. The molecule has 7 unspecified atom stereocenters. The van der Waals surface area contributed by atoms with Crippen molar-refractivity contribution in [2.45, 2.75) is 339 Å². The quantitative estimate of drug-likeness (QED) is 0.0261. The third-order valence-electron chi connectivity index (χ3n) is 15.7. The van der Waals surface area contributed by atoms with Crippen molar-refractivity contribution in [3.63, 3.8) is 0 Å². The number of rotatable bonds is 58. The van der Waals surface area contributed by atoms with Gasteiger partial charge < -0.3 is 40.3 Å². The Morgan fingerprint density at radius 1 is 0.432 bits per heavy atom. The maximum absolute atomic E-state index is 13.1. The molecule has 0 aromatic carbocycles. The number of aliphatic hydroxyl groups is 5. The SMILES string of the molecule is CC/C=C\C/C=C\C/C=C\C/C=C\C/C=C\C/C=C\C/C=C\CCCCCCCCCCCCCCCCCCCC(=O)NC(COC1OC(CO)C(O)C(O)C1O)C(O)/C=C/CCCCCCCCCCCCCCCCCCC. The van der Waals surface area contributed by atoms with E-state index in [1.54, 1.807) is 6.08 Å². The van der Waals surface area contributed by atoms with Crippen molar-refractivity contribution in [1.29, 1.82) is 0 Å². The molecule has 1 heterocycles. The molecule has 0 saturated carbocycles. The van der Waals surface area contributed by atoms with Gasteiger partial charge in [0.2, 0.25) is 5.91 Å². The molecular formula is C72H127NO8. The highest BCUT2D eigenvalue weighted by Crippen LogP contribution is 2.23. The molecule has 468 valence electrons. The number of nitrogens with one attached hydrogen (secondary N) is 1. The Morgan fingerprint density at radius 3 is 1.14 bits per heavy atom. The van der Waals surface area contributed by atoms with Gasteiger partial charge in [0.05, 0.1) is 25.4 Å². The van der Waals surface area contributed by atoms with Gasteiger partial charge >= 0.3 is 0 Å². The third kappa shape index (κ3) is 49.1. The Balaban J connectivity index is 2.10. The molecule has 9 heteroatoms. The first-order valence-corrected chi connectivity index (χ1v) is 34.0. The van der Waals surface area contributed by atoms with E-state index in [9.17, 15) is 30.3 Å². The lowest BCUT2D eigenvalue weighted by Gasteiger charge is -2.40. The average Bonchev–Trinajstić information content (AvgIpc) is 3.48. The molecule has 0 radical (unpaired) electrons. The molecule has 9 nitrogen and oxygen atoms in total. The molecule has 1 aliphatic heterocycles. The van der Waals surface area contributed by atoms with E-state index in [2.05, 4.69) is 104 Å². The minimum Gasteiger partial charge on any atom is -0.394 e. The summed E-state index contributed by atoms with van der Waals surface area (Å²) in [6, 6.07) is -0.809. The van der Waals surface area contributed by atoms with Crippen LogP contribution >= 0.6 is 0 Å². The predicted molar refractivity (Wildman–Crippen MR) is 345 cm³/mol. The largest absolute Gasteiger partial charge is 0.394 e. The van der Waals surface area contributed by atoms with Crippen LogP contribution in [-0.2, 0) is 14.3 Å². The van der Waals surface area contributed by atoms with Crippen LogP contribution in [0.1, 0.15) is 296 Å². The van der Waals surface area contributed by atoms with Crippen LogP contribution in [0.25, 0.3) is 0 Å². The first-order valence-electron chi connectivity index (χ1n) is 34.0. The number of hydrogen-bond acceptors (Lipinski definition) is 8. The van der Waals surface area contributed by atoms with Crippen molar-refractivity contribution in [2.75, 3.05) is 13.2 Å². The molecule has 1 rings (SSSR count). The fourth-order valence-corrected chi connectivity index (χ4v) is 10.4. The zero-order valence-corrected chi connectivity index (χ0v) is 52.3. The van der Waals surface area contributed by atoms with Gasteiger partial charge in [0.25, 0.3) is 0 Å². The van der Waals surface area contributed by atoms with E-state index in [0.29, 0.717) is 6.42 Å². The van der Waals surface area contributed by atoms with Crippen LogP contribution in [0.5, 0.6) is 0 Å². The van der Waals surface area contributed by atoms with Gasteiger partial charge in [-0.05, 0) is 77.0 Å². The summed E-state index contributed by atoms with van der Waals surface area (Å²) >= 11 is 0. The molecule has 1 saturated heterocycles. The molecule has 1 amide bonds. The summed E-state index contributed by atoms with van der Waals surface area (Å²) < 4.78 is 11.3. The van der Waals surface area contributed by atoms with Gasteiger partial charge in [0.15, 0.2) is 6.29 Å². The van der Waals surface area contributed by atoms with Crippen LogP contribution in [0.3, 0.4) is 0 Å². The number of carbonyl (C=O) groups excluding carboxylic acids is 1. The van der Waals surface area contributed by atoms with E-state index in [1.807, 2.05) is 6.08 Å². The second-order valence-corrected chi connectivity index (χ2v) is 23.2. The topological polar surface area (TPSA) is 149 Å². The minimum absolute atomic E-state index is 0.176. The van der Waals surface area contributed by atoms with Gasteiger partial charge in [-0.2, -0.15) is 0 Å². The summed E-state index contributed by atoms with van der Waals surface area (Å²) in [6.07, 6.45) is 80.7. The Hall–Kier alpha value is -2.89. The van der Waals surface area contributed by atoms with Gasteiger partial charge in [-0.25, -0.2) is 0 Å². The minimum atomic E-state index is -1.57. The molecule has 0 bridgehead atoms. The summed E-state index contributed by atoms with van der Waals surface area (Å²) in [6.45, 7) is 3.69. The second kappa shape index (κ2) is 60.2. The summed E-state index contributed by atoms with van der Waals surface area (Å²) in [5.41, 5.74) is 0. The number of allylic oxidation sites excluding steroid dienone is 15. The maximum atomic E-state index is 13.1. The first-order chi connectivity index (χ1) is 39.8. The lowest BCUT2D eigenvalue weighted by Crippen LogP contribution is -2.60. The second-order valence-electron chi connectivity index (χ2n) is 23.2. The number of unbranched alkanes of at least 4 members (excludes halogenated alkanes) is 34. The molecule has 1 aliphatic rings. The lowest BCUT2D eigenvalue weighted by molar-refractivity contribution is -0.302. The molecule has 0 aromatic rings. The fourth-order valence-electron chi connectivity index (χ4n) is 10.4. The molecule has 1 fully saturated rings. The van der Waals surface area contributed by atoms with Crippen molar-refractivity contribution in [2.24, 2.45) is 0 Å². The summed E-state index contributed by atoms with van der Waals surface area (Å²) in [7, 11) is 0. The molecule has 0 spiro atoms. The van der Waals surface area contributed by atoms with Crippen LogP contribution in [0, 0.1) is 0 Å². The van der Waals surface area contributed by atoms with E-state index in [-0.39, 0.29) is 12.5 Å². The van der Waals surface area contributed by atoms with Gasteiger partial charge in [-0.1, -0.05) is 310 Å². The fraction of sp³-hybridized carbons (Fsp3) is 0.764. The molecule has 0 aromatic heterocycles. The lowest BCUT2D eigenvalue weighted by atomic mass is 9.99. The molecular weight excluding hydrogens is 1010 g/mol. The van der Waals surface area contributed by atoms with Crippen molar-refractivity contribution >= 4 is 5.91 Å². The van der Waals surface area contributed by atoms with Crippen molar-refractivity contribution in [3.05, 3.63) is 97.2 Å². The summed E-state index contributed by atoms with van der Waals surface area (Å²) in [5, 5.41) is 54.7. The van der Waals surface area contributed by atoms with E-state index in [0.717, 1.165) is 83.5 Å². The number of ether oxygens (including phenoxy) is 2. The van der Waals surface area contributed by atoms with Crippen LogP contribution in [0.2, 0.25) is 0 Å². The van der Waals surface area contributed by atoms with Gasteiger partial charge in [0.1, 0.15) is 24.4 Å². The van der Waals surface area contributed by atoms with E-state index >= 15 is 0 Å². The van der Waals surface area contributed by atoms with Crippen LogP contribution < -0.4 is 5.32 Å². The summed E-state index contributed by atoms with van der Waals surface area (Å²) in [4.78, 5) is 13.1. The number of amides is 1. The monoisotopic (exact) mass is 1130 g/mol. The van der Waals surface area contributed by atoms with Crippen molar-refractivity contribution in [3.8, 4) is 0 Å². The third-order valence-corrected chi connectivity index (χ3v) is 15.7. The first kappa shape index (κ1) is 76.1. The highest BCUT2D eigenvalue weighted by molar-refractivity contribution is 5.76. The Bertz CT molecular complexity index is 1600. The molecule has 6 N–H and O–H groups in total. The van der Waals surface area contributed by atoms with Gasteiger partial charge in [-0.15, -0.1) is 0 Å².